The SMILES string of the molecule is CCOc1ccccc1C(=O)NCCCC(=O)Nc1nnc(SCC)s1. The van der Waals surface area contributed by atoms with Gasteiger partial charge < -0.3 is 15.4 Å². The summed E-state index contributed by atoms with van der Waals surface area (Å²) in [4.78, 5) is 24.2. The van der Waals surface area contributed by atoms with Gasteiger partial charge in [0.25, 0.3) is 5.91 Å². The van der Waals surface area contributed by atoms with Crippen LogP contribution in [-0.4, -0.2) is 40.9 Å². The van der Waals surface area contributed by atoms with Crippen LogP contribution in [0.25, 0.3) is 0 Å². The van der Waals surface area contributed by atoms with Gasteiger partial charge in [-0.2, -0.15) is 0 Å². The number of thioether (sulfide) groups is 1. The van der Waals surface area contributed by atoms with Gasteiger partial charge in [-0.1, -0.05) is 42.2 Å². The first-order valence-electron chi connectivity index (χ1n) is 8.40. The molecule has 0 radical (unpaired) electrons. The second-order valence-corrected chi connectivity index (χ2v) is 7.63. The van der Waals surface area contributed by atoms with Gasteiger partial charge >= 0.3 is 0 Å². The van der Waals surface area contributed by atoms with E-state index in [0.29, 0.717) is 42.4 Å². The predicted octanol–water partition coefficient (Wildman–Crippen LogP) is 3.20. The second-order valence-electron chi connectivity index (χ2n) is 5.14. The van der Waals surface area contributed by atoms with Crippen LogP contribution in [0.3, 0.4) is 0 Å². The van der Waals surface area contributed by atoms with E-state index in [1.54, 1.807) is 30.0 Å². The Morgan fingerprint density at radius 2 is 2.04 bits per heavy atom. The van der Waals surface area contributed by atoms with Crippen LogP contribution in [0, 0.1) is 0 Å². The summed E-state index contributed by atoms with van der Waals surface area (Å²) < 4.78 is 6.29. The number of hydrogen-bond donors (Lipinski definition) is 2. The molecule has 7 nitrogen and oxygen atoms in total. The lowest BCUT2D eigenvalue weighted by Gasteiger charge is -2.10. The minimum atomic E-state index is -0.209. The van der Waals surface area contributed by atoms with Crippen LogP contribution in [0.15, 0.2) is 28.6 Å². The average Bonchev–Trinajstić information content (AvgIpc) is 3.06. The van der Waals surface area contributed by atoms with E-state index >= 15 is 0 Å². The molecular weight excluding hydrogens is 372 g/mol. The number of carbonyl (C=O) groups is 2. The van der Waals surface area contributed by atoms with Crippen molar-refractivity contribution in [3.05, 3.63) is 29.8 Å². The number of ether oxygens (including phenoxy) is 1. The van der Waals surface area contributed by atoms with Crippen LogP contribution in [0.1, 0.15) is 37.0 Å². The Balaban J connectivity index is 1.72. The molecule has 0 saturated heterocycles. The van der Waals surface area contributed by atoms with Crippen molar-refractivity contribution >= 4 is 40.0 Å². The summed E-state index contributed by atoms with van der Waals surface area (Å²) >= 11 is 2.94. The zero-order chi connectivity index (χ0) is 18.8. The molecule has 140 valence electrons. The average molecular weight is 395 g/mol. The topological polar surface area (TPSA) is 93.2 Å². The third kappa shape index (κ3) is 6.30. The summed E-state index contributed by atoms with van der Waals surface area (Å²) in [6, 6.07) is 7.09. The maximum Gasteiger partial charge on any atom is 0.255 e. The first-order valence-corrected chi connectivity index (χ1v) is 10.2. The van der Waals surface area contributed by atoms with Crippen molar-refractivity contribution < 1.29 is 14.3 Å². The molecule has 0 spiro atoms. The first-order chi connectivity index (χ1) is 12.6. The van der Waals surface area contributed by atoms with Gasteiger partial charge in [0.15, 0.2) is 4.34 Å². The van der Waals surface area contributed by atoms with Crippen molar-refractivity contribution in [2.45, 2.75) is 31.0 Å². The van der Waals surface area contributed by atoms with E-state index in [2.05, 4.69) is 20.8 Å². The number of nitrogens with one attached hydrogen (secondary N) is 2. The molecule has 9 heteroatoms. The smallest absolute Gasteiger partial charge is 0.255 e. The highest BCUT2D eigenvalue weighted by Gasteiger charge is 2.12. The molecule has 0 saturated carbocycles. The fraction of sp³-hybridized carbons (Fsp3) is 0.412. The highest BCUT2D eigenvalue weighted by atomic mass is 32.2. The third-order valence-corrected chi connectivity index (χ3v) is 5.07. The van der Waals surface area contributed by atoms with Gasteiger partial charge in [-0.3, -0.25) is 9.59 Å². The molecular formula is C17H22N4O3S2. The quantitative estimate of drug-likeness (QED) is 0.365. The monoisotopic (exact) mass is 394 g/mol. The molecule has 2 N–H and O–H groups in total. The van der Waals surface area contributed by atoms with Crippen LogP contribution in [0.5, 0.6) is 5.75 Å². The Kier molecular flexibility index (Phi) is 8.36. The van der Waals surface area contributed by atoms with Gasteiger partial charge in [-0.05, 0) is 31.2 Å². The van der Waals surface area contributed by atoms with E-state index in [-0.39, 0.29) is 11.8 Å². The van der Waals surface area contributed by atoms with Crippen LogP contribution < -0.4 is 15.4 Å². The summed E-state index contributed by atoms with van der Waals surface area (Å²) in [5, 5.41) is 14.0. The van der Waals surface area contributed by atoms with Crippen LogP contribution in [-0.2, 0) is 4.79 Å². The molecule has 0 unspecified atom stereocenters. The zero-order valence-corrected chi connectivity index (χ0v) is 16.4. The Bertz CT molecular complexity index is 736. The van der Waals surface area contributed by atoms with Crippen molar-refractivity contribution in [2.24, 2.45) is 0 Å². The third-order valence-electron chi connectivity index (χ3n) is 3.22. The fourth-order valence-corrected chi connectivity index (χ4v) is 3.77. The molecule has 0 aliphatic heterocycles. The Morgan fingerprint density at radius 1 is 1.23 bits per heavy atom. The summed E-state index contributed by atoms with van der Waals surface area (Å²) in [6.07, 6.45) is 0.826. The van der Waals surface area contributed by atoms with E-state index < -0.39 is 0 Å². The molecule has 0 atom stereocenters. The van der Waals surface area contributed by atoms with Crippen LogP contribution in [0.4, 0.5) is 5.13 Å². The van der Waals surface area contributed by atoms with Gasteiger partial charge in [0.2, 0.25) is 11.0 Å². The number of aromatic nitrogens is 2. The molecule has 2 amide bonds. The minimum Gasteiger partial charge on any atom is -0.493 e. The van der Waals surface area contributed by atoms with Gasteiger partial charge in [-0.15, -0.1) is 10.2 Å². The number of amides is 2. The van der Waals surface area contributed by atoms with E-state index in [1.807, 2.05) is 19.9 Å². The normalized spacial score (nSPS) is 10.4. The van der Waals surface area contributed by atoms with E-state index in [0.717, 1.165) is 10.1 Å². The molecule has 1 aromatic carbocycles. The van der Waals surface area contributed by atoms with Gasteiger partial charge in [0, 0.05) is 13.0 Å². The Morgan fingerprint density at radius 3 is 2.81 bits per heavy atom. The number of carbonyl (C=O) groups excluding carboxylic acids is 2. The van der Waals surface area contributed by atoms with Gasteiger partial charge in [0.1, 0.15) is 5.75 Å². The zero-order valence-electron chi connectivity index (χ0n) is 14.8. The summed E-state index contributed by atoms with van der Waals surface area (Å²) in [7, 11) is 0. The van der Waals surface area contributed by atoms with E-state index in [4.69, 9.17) is 4.74 Å². The first kappa shape index (κ1) is 20.2. The van der Waals surface area contributed by atoms with E-state index in [1.165, 1.54) is 11.3 Å². The van der Waals surface area contributed by atoms with Crippen molar-refractivity contribution in [2.75, 3.05) is 24.2 Å². The summed E-state index contributed by atoms with van der Waals surface area (Å²) in [6.45, 7) is 4.80. The molecule has 0 aliphatic carbocycles. The standard InChI is InChI=1S/C17H22N4O3S2/c1-3-24-13-9-6-5-8-12(13)15(23)18-11-7-10-14(22)19-16-20-21-17(26-16)25-4-2/h5-6,8-9H,3-4,7,10-11H2,1-2H3,(H,18,23)(H,19,20,22). The van der Waals surface area contributed by atoms with Crippen molar-refractivity contribution in [1.82, 2.24) is 15.5 Å². The molecule has 2 aromatic rings. The lowest BCUT2D eigenvalue weighted by molar-refractivity contribution is -0.116. The van der Waals surface area contributed by atoms with E-state index in [9.17, 15) is 9.59 Å². The van der Waals surface area contributed by atoms with Crippen LogP contribution in [0.2, 0.25) is 0 Å². The molecule has 0 bridgehead atoms. The highest BCUT2D eigenvalue weighted by molar-refractivity contribution is 8.01. The molecule has 0 fully saturated rings. The van der Waals surface area contributed by atoms with Crippen molar-refractivity contribution in [3.63, 3.8) is 0 Å². The minimum absolute atomic E-state index is 0.141. The highest BCUT2D eigenvalue weighted by Crippen LogP contribution is 2.25. The largest absolute Gasteiger partial charge is 0.493 e. The maximum atomic E-state index is 12.2. The van der Waals surface area contributed by atoms with Gasteiger partial charge in [-0.25, -0.2) is 0 Å². The summed E-state index contributed by atoms with van der Waals surface area (Å²) in [5.41, 5.74) is 0.494. The number of hydrogen-bond acceptors (Lipinski definition) is 7. The van der Waals surface area contributed by atoms with Crippen molar-refractivity contribution in [1.29, 1.82) is 0 Å². The number of rotatable bonds is 10. The molecule has 26 heavy (non-hydrogen) atoms. The molecule has 2 rings (SSSR count). The lowest BCUT2D eigenvalue weighted by Crippen LogP contribution is -2.26. The Labute approximate surface area is 160 Å². The lowest BCUT2D eigenvalue weighted by atomic mass is 10.2. The molecule has 1 aromatic heterocycles. The van der Waals surface area contributed by atoms with Crippen LogP contribution >= 0.6 is 23.1 Å². The summed E-state index contributed by atoms with van der Waals surface area (Å²) in [5.74, 6) is 1.12. The fourth-order valence-electron chi connectivity index (χ4n) is 2.11. The molecule has 0 aliphatic rings. The van der Waals surface area contributed by atoms with Gasteiger partial charge in [0.05, 0.1) is 12.2 Å². The molecule has 1 heterocycles. The second kappa shape index (κ2) is 10.8. The number of nitrogens with zero attached hydrogens (tertiary/aromatic N) is 2. The maximum absolute atomic E-state index is 12.2. The number of anilines is 1. The van der Waals surface area contributed by atoms with Crippen molar-refractivity contribution in [3.8, 4) is 5.75 Å². The number of para-hydroxylation sites is 1. The number of benzene rings is 1. The predicted molar refractivity (Wildman–Crippen MR) is 104 cm³/mol. The Hall–Kier alpha value is -2.13.